The number of hydrogen-bond donors (Lipinski definition) is 6. The molecule has 1 heterocycles. The molecule has 10 heteroatoms. The van der Waals surface area contributed by atoms with E-state index in [1.54, 1.807) is 18.2 Å². The Morgan fingerprint density at radius 2 is 1.55 bits per heavy atom. The minimum atomic E-state index is -1.03. The molecule has 3 aromatic carbocycles. The minimum absolute atomic E-state index is 0.0756. The monoisotopic (exact) mass is 540 g/mol. The molecule has 0 radical (unpaired) electrons. The third-order valence-electron chi connectivity index (χ3n) is 7.26. The van der Waals surface area contributed by atoms with Gasteiger partial charge in [0.1, 0.15) is 23.0 Å². The number of carbonyl (C=O) groups is 2. The van der Waals surface area contributed by atoms with Crippen LogP contribution in [0.2, 0.25) is 0 Å². The van der Waals surface area contributed by atoms with Gasteiger partial charge in [0.2, 0.25) is 0 Å². The summed E-state index contributed by atoms with van der Waals surface area (Å²) in [6.45, 7) is 0.360. The first kappa shape index (κ1) is 26.6. The van der Waals surface area contributed by atoms with Crippen molar-refractivity contribution in [1.82, 2.24) is 15.2 Å². The molecule has 1 aromatic heterocycles. The molecule has 1 aliphatic rings. The van der Waals surface area contributed by atoms with Gasteiger partial charge in [0, 0.05) is 29.6 Å². The number of nitrogens with two attached hydrogens (primary N) is 2. The Hall–Kier alpha value is -4.99. The number of ether oxygens (including phenoxy) is 1. The second-order valence-corrected chi connectivity index (χ2v) is 10.0. The first-order chi connectivity index (χ1) is 19.3. The fourth-order valence-corrected chi connectivity index (χ4v) is 5.23. The SMILES string of the molecule is N=C(N)c1ccc2c(N)c(C(=O)N[C@H]3CC[C@H](NC(=O)O)CC3)n(Cc3ccc(Oc4ccccc4)cc3)c2c1. The van der Waals surface area contributed by atoms with Gasteiger partial charge >= 0.3 is 6.09 Å². The normalized spacial score (nSPS) is 16.8. The second kappa shape index (κ2) is 11.4. The van der Waals surface area contributed by atoms with Gasteiger partial charge in [0.25, 0.3) is 5.91 Å². The maximum absolute atomic E-state index is 13.6. The number of rotatable bonds is 8. The van der Waals surface area contributed by atoms with Gasteiger partial charge in [-0.3, -0.25) is 10.2 Å². The molecule has 4 aromatic rings. The third kappa shape index (κ3) is 5.85. The number of nitrogen functional groups attached to an aromatic ring is 2. The average Bonchev–Trinajstić information content (AvgIpc) is 3.21. The van der Waals surface area contributed by atoms with E-state index in [1.165, 1.54) is 0 Å². The number of amidine groups is 1. The Labute approximate surface area is 231 Å². The Balaban J connectivity index is 1.41. The van der Waals surface area contributed by atoms with E-state index in [9.17, 15) is 9.59 Å². The van der Waals surface area contributed by atoms with E-state index in [1.807, 2.05) is 59.2 Å². The molecular weight excluding hydrogens is 508 g/mol. The van der Waals surface area contributed by atoms with Gasteiger partial charge < -0.3 is 36.5 Å². The summed E-state index contributed by atoms with van der Waals surface area (Å²) in [6.07, 6.45) is 1.58. The summed E-state index contributed by atoms with van der Waals surface area (Å²) < 4.78 is 7.77. The first-order valence-corrected chi connectivity index (χ1v) is 13.2. The van der Waals surface area contributed by atoms with Crippen LogP contribution < -0.4 is 26.8 Å². The number of carboxylic acid groups (broad SMARTS) is 1. The number of aromatic nitrogens is 1. The van der Waals surface area contributed by atoms with Crippen LogP contribution in [0.5, 0.6) is 11.5 Å². The standard InChI is InChI=1S/C30H32N6O4/c31-26-24-15-8-19(28(32)33)16-25(24)36(17-18-6-13-23(14-7-18)40-22-4-2-1-3-5-22)27(26)29(37)34-20-9-11-21(12-10-20)35-30(38)39/h1-8,13-16,20-21,35H,9-12,17,31H2,(H3,32,33)(H,34,37)(H,38,39)/t20-,21-. The van der Waals surface area contributed by atoms with Gasteiger partial charge in [-0.2, -0.15) is 0 Å². The van der Waals surface area contributed by atoms with Crippen LogP contribution in [0.1, 0.15) is 47.3 Å². The van der Waals surface area contributed by atoms with Crippen LogP contribution in [0.4, 0.5) is 10.5 Å². The summed E-state index contributed by atoms with van der Waals surface area (Å²) >= 11 is 0. The molecule has 1 saturated carbocycles. The quantitative estimate of drug-likeness (QED) is 0.140. The number of anilines is 1. The zero-order chi connectivity index (χ0) is 28.2. The zero-order valence-corrected chi connectivity index (χ0v) is 21.9. The van der Waals surface area contributed by atoms with E-state index < -0.39 is 6.09 Å². The van der Waals surface area contributed by atoms with Crippen LogP contribution in [0.25, 0.3) is 10.9 Å². The molecule has 1 fully saturated rings. The van der Waals surface area contributed by atoms with Crippen molar-refractivity contribution in [2.45, 2.75) is 44.3 Å². The Morgan fingerprint density at radius 3 is 2.17 bits per heavy atom. The zero-order valence-electron chi connectivity index (χ0n) is 21.9. The summed E-state index contributed by atoms with van der Waals surface area (Å²) in [5, 5.41) is 23.2. The van der Waals surface area contributed by atoms with Crippen LogP contribution in [0.3, 0.4) is 0 Å². The average molecular weight is 541 g/mol. The van der Waals surface area contributed by atoms with Crippen LogP contribution in [-0.2, 0) is 6.54 Å². The summed E-state index contributed by atoms with van der Waals surface area (Å²) in [5.41, 5.74) is 15.2. The van der Waals surface area contributed by atoms with Crippen molar-refractivity contribution in [2.24, 2.45) is 5.73 Å². The molecule has 0 atom stereocenters. The highest BCUT2D eigenvalue weighted by Crippen LogP contribution is 2.32. The molecule has 8 N–H and O–H groups in total. The van der Waals surface area contributed by atoms with Crippen LogP contribution in [-0.4, -0.2) is 39.6 Å². The summed E-state index contributed by atoms with van der Waals surface area (Å²) in [7, 11) is 0. The molecular formula is C30H32N6O4. The van der Waals surface area contributed by atoms with Crippen LogP contribution in [0.15, 0.2) is 72.8 Å². The van der Waals surface area contributed by atoms with E-state index in [0.717, 1.165) is 11.3 Å². The highest BCUT2D eigenvalue weighted by atomic mass is 16.5. The number of amides is 2. The fraction of sp³-hybridized carbons (Fsp3) is 0.233. The molecule has 2 amide bonds. The van der Waals surface area contributed by atoms with Gasteiger partial charge in [0.05, 0.1) is 11.2 Å². The summed E-state index contributed by atoms with van der Waals surface area (Å²) in [4.78, 5) is 24.6. The van der Waals surface area contributed by atoms with Crippen molar-refractivity contribution in [3.05, 3.63) is 89.6 Å². The molecule has 206 valence electrons. The fourth-order valence-electron chi connectivity index (χ4n) is 5.23. The number of benzene rings is 3. The molecule has 10 nitrogen and oxygen atoms in total. The van der Waals surface area contributed by atoms with E-state index in [2.05, 4.69) is 10.6 Å². The van der Waals surface area contributed by atoms with Crippen molar-refractivity contribution in [1.29, 1.82) is 5.41 Å². The number of para-hydroxylation sites is 1. The summed E-state index contributed by atoms with van der Waals surface area (Å²) in [5.74, 6) is 1.06. The lowest BCUT2D eigenvalue weighted by atomic mass is 9.91. The number of fused-ring (bicyclic) bond motifs is 1. The first-order valence-electron chi connectivity index (χ1n) is 13.2. The van der Waals surface area contributed by atoms with Crippen molar-refractivity contribution in [3.63, 3.8) is 0 Å². The minimum Gasteiger partial charge on any atom is -0.465 e. The van der Waals surface area contributed by atoms with Gasteiger partial charge in [0.15, 0.2) is 0 Å². The molecule has 0 unspecified atom stereocenters. The number of hydrogen-bond acceptors (Lipinski definition) is 5. The lowest BCUT2D eigenvalue weighted by Crippen LogP contribution is -2.43. The number of carbonyl (C=O) groups excluding carboxylic acids is 1. The molecule has 5 rings (SSSR count). The van der Waals surface area contributed by atoms with E-state index in [4.69, 9.17) is 26.7 Å². The van der Waals surface area contributed by atoms with Gasteiger partial charge in [-0.1, -0.05) is 36.4 Å². The predicted molar refractivity (Wildman–Crippen MR) is 154 cm³/mol. The maximum Gasteiger partial charge on any atom is 0.404 e. The van der Waals surface area contributed by atoms with Crippen molar-refractivity contribution in [2.75, 3.05) is 5.73 Å². The Kier molecular flexibility index (Phi) is 7.59. The second-order valence-electron chi connectivity index (χ2n) is 10.0. The number of nitrogens with zero attached hydrogens (tertiary/aromatic N) is 1. The van der Waals surface area contributed by atoms with Gasteiger partial charge in [-0.25, -0.2) is 4.79 Å². The Bertz CT molecular complexity index is 1540. The lowest BCUT2D eigenvalue weighted by molar-refractivity contribution is 0.0915. The topological polar surface area (TPSA) is 168 Å². The van der Waals surface area contributed by atoms with Crippen molar-refractivity contribution < 1.29 is 19.4 Å². The van der Waals surface area contributed by atoms with Gasteiger partial charge in [-0.15, -0.1) is 0 Å². The number of nitrogens with one attached hydrogen (secondary N) is 3. The van der Waals surface area contributed by atoms with Crippen molar-refractivity contribution in [3.8, 4) is 11.5 Å². The highest BCUT2D eigenvalue weighted by Gasteiger charge is 2.27. The smallest absolute Gasteiger partial charge is 0.404 e. The highest BCUT2D eigenvalue weighted by molar-refractivity contribution is 6.09. The molecule has 0 saturated heterocycles. The van der Waals surface area contributed by atoms with Crippen LogP contribution >= 0.6 is 0 Å². The van der Waals surface area contributed by atoms with E-state index in [0.29, 0.717) is 65.8 Å². The maximum atomic E-state index is 13.6. The van der Waals surface area contributed by atoms with E-state index >= 15 is 0 Å². The summed E-state index contributed by atoms with van der Waals surface area (Å²) in [6, 6.07) is 22.2. The predicted octanol–water partition coefficient (Wildman–Crippen LogP) is 4.66. The molecule has 0 spiro atoms. The van der Waals surface area contributed by atoms with Gasteiger partial charge in [-0.05, 0) is 67.6 Å². The molecule has 0 aliphatic heterocycles. The largest absolute Gasteiger partial charge is 0.465 e. The van der Waals surface area contributed by atoms with E-state index in [-0.39, 0.29) is 23.8 Å². The molecule has 1 aliphatic carbocycles. The Morgan fingerprint density at radius 1 is 0.925 bits per heavy atom. The third-order valence-corrected chi connectivity index (χ3v) is 7.26. The van der Waals surface area contributed by atoms with Crippen molar-refractivity contribution >= 4 is 34.4 Å². The molecule has 0 bridgehead atoms. The molecule has 40 heavy (non-hydrogen) atoms. The van der Waals surface area contributed by atoms with Crippen LogP contribution in [0, 0.1) is 5.41 Å². The lowest BCUT2D eigenvalue weighted by Gasteiger charge is -2.29.